The molecule has 0 unspecified atom stereocenters. The van der Waals surface area contributed by atoms with Gasteiger partial charge in [-0.3, -0.25) is 0 Å². The van der Waals surface area contributed by atoms with Crippen molar-refractivity contribution < 1.29 is 0 Å². The summed E-state index contributed by atoms with van der Waals surface area (Å²) in [6.07, 6.45) is 8.28. The van der Waals surface area contributed by atoms with Crippen molar-refractivity contribution in [3.63, 3.8) is 0 Å². The number of para-hydroxylation sites is 5. The number of fused-ring (bicyclic) bond motifs is 6. The monoisotopic (exact) mass is 652 g/mol. The number of allylic oxidation sites excluding steroid dienone is 5. The number of hydrogen-bond acceptors (Lipinski definition) is 0. The van der Waals surface area contributed by atoms with Crippen LogP contribution in [0.25, 0.3) is 82.8 Å². The van der Waals surface area contributed by atoms with Gasteiger partial charge in [-0.2, -0.15) is 0 Å². The van der Waals surface area contributed by atoms with Crippen LogP contribution < -0.4 is 0 Å². The summed E-state index contributed by atoms with van der Waals surface area (Å²) in [5.41, 5.74) is 13.6. The number of hydrogen-bond donors (Lipinski definition) is 0. The second-order valence-electron chi connectivity index (χ2n) is 12.9. The van der Waals surface area contributed by atoms with Crippen molar-refractivity contribution >= 4 is 49.2 Å². The van der Waals surface area contributed by atoms with Gasteiger partial charge in [-0.1, -0.05) is 158 Å². The lowest BCUT2D eigenvalue weighted by molar-refractivity contribution is 1.17. The third kappa shape index (κ3) is 5.04. The van der Waals surface area contributed by atoms with E-state index in [2.05, 4.69) is 198 Å². The minimum Gasteiger partial charge on any atom is -0.309 e. The van der Waals surface area contributed by atoms with Crippen molar-refractivity contribution in [2.75, 3.05) is 0 Å². The molecule has 2 heteroatoms. The molecule has 7 aromatic carbocycles. The van der Waals surface area contributed by atoms with Crippen LogP contribution in [0, 0.1) is 0 Å². The average Bonchev–Trinajstić information content (AvgIpc) is 3.71. The van der Waals surface area contributed by atoms with Gasteiger partial charge in [0, 0.05) is 38.4 Å². The Bertz CT molecular complexity index is 2720. The molecule has 0 saturated heterocycles. The van der Waals surface area contributed by atoms with Gasteiger partial charge in [0.15, 0.2) is 0 Å². The van der Waals surface area contributed by atoms with Crippen LogP contribution in [0.2, 0.25) is 0 Å². The molecule has 0 radical (unpaired) electrons. The highest BCUT2D eigenvalue weighted by molar-refractivity contribution is 6.11. The first-order valence-corrected chi connectivity index (χ1v) is 17.5. The molecule has 242 valence electrons. The molecule has 51 heavy (non-hydrogen) atoms. The normalized spacial score (nSPS) is 11.9. The lowest BCUT2D eigenvalue weighted by Gasteiger charge is -2.22. The lowest BCUT2D eigenvalue weighted by atomic mass is 9.90. The molecule has 0 saturated carbocycles. The fraction of sp³-hybridized carbons (Fsp3) is 0.0204. The van der Waals surface area contributed by atoms with Crippen LogP contribution >= 0.6 is 0 Å². The van der Waals surface area contributed by atoms with Crippen molar-refractivity contribution in [1.82, 2.24) is 9.13 Å². The molecule has 0 aliphatic carbocycles. The van der Waals surface area contributed by atoms with E-state index in [0.717, 1.165) is 33.6 Å². The molecular formula is C49H36N2. The predicted molar refractivity (Wildman–Crippen MR) is 219 cm³/mol. The number of rotatable bonds is 7. The van der Waals surface area contributed by atoms with Crippen molar-refractivity contribution in [3.8, 4) is 33.6 Å². The van der Waals surface area contributed by atoms with E-state index in [1.54, 1.807) is 0 Å². The summed E-state index contributed by atoms with van der Waals surface area (Å²) in [5.74, 6) is 0. The molecule has 0 amide bonds. The molecule has 0 spiro atoms. The summed E-state index contributed by atoms with van der Waals surface area (Å²) < 4.78 is 4.87. The minimum atomic E-state index is 0.954. The number of benzene rings is 7. The molecule has 2 aromatic heterocycles. The van der Waals surface area contributed by atoms with E-state index in [-0.39, 0.29) is 0 Å². The van der Waals surface area contributed by atoms with Crippen LogP contribution in [-0.2, 0) is 0 Å². The number of aromatic nitrogens is 2. The first kappa shape index (κ1) is 30.4. The Hall–Kier alpha value is -6.64. The molecule has 0 fully saturated rings. The van der Waals surface area contributed by atoms with Gasteiger partial charge in [0.1, 0.15) is 0 Å². The van der Waals surface area contributed by atoms with E-state index in [4.69, 9.17) is 0 Å². The zero-order valence-corrected chi connectivity index (χ0v) is 28.5. The highest BCUT2D eigenvalue weighted by atomic mass is 15.0. The summed E-state index contributed by atoms with van der Waals surface area (Å²) in [4.78, 5) is 0. The van der Waals surface area contributed by atoms with E-state index >= 15 is 0 Å². The third-order valence-corrected chi connectivity index (χ3v) is 10.0. The van der Waals surface area contributed by atoms with Crippen LogP contribution in [0.1, 0.15) is 12.5 Å². The van der Waals surface area contributed by atoms with Gasteiger partial charge < -0.3 is 9.13 Å². The largest absolute Gasteiger partial charge is 0.309 e. The Kier molecular flexibility index (Phi) is 7.56. The van der Waals surface area contributed by atoms with Gasteiger partial charge in [-0.15, -0.1) is 0 Å². The Morgan fingerprint density at radius 2 is 0.980 bits per heavy atom. The van der Waals surface area contributed by atoms with Crippen LogP contribution in [0.4, 0.5) is 0 Å². The van der Waals surface area contributed by atoms with Crippen molar-refractivity contribution in [3.05, 3.63) is 200 Å². The molecule has 9 aromatic rings. The quantitative estimate of drug-likeness (QED) is 0.152. The topological polar surface area (TPSA) is 9.86 Å². The van der Waals surface area contributed by atoms with Gasteiger partial charge in [0.25, 0.3) is 0 Å². The third-order valence-electron chi connectivity index (χ3n) is 10.0. The van der Waals surface area contributed by atoms with Crippen LogP contribution in [-0.4, -0.2) is 9.13 Å². The molecule has 0 aliphatic rings. The first-order valence-electron chi connectivity index (χ1n) is 17.5. The summed E-state index contributed by atoms with van der Waals surface area (Å²) in [6, 6.07) is 59.3. The molecule has 0 N–H and O–H groups in total. The summed E-state index contributed by atoms with van der Waals surface area (Å²) in [7, 11) is 0. The molecule has 0 bridgehead atoms. The van der Waals surface area contributed by atoms with Crippen LogP contribution in [0.15, 0.2) is 195 Å². The van der Waals surface area contributed by atoms with E-state index in [1.807, 2.05) is 13.0 Å². The summed E-state index contributed by atoms with van der Waals surface area (Å²) >= 11 is 0. The highest BCUT2D eigenvalue weighted by Crippen LogP contribution is 2.44. The van der Waals surface area contributed by atoms with Crippen LogP contribution in [0.3, 0.4) is 0 Å². The maximum absolute atomic E-state index is 4.61. The first-order chi connectivity index (χ1) is 25.2. The molecule has 9 rings (SSSR count). The number of nitrogens with zero attached hydrogens (tertiary/aromatic N) is 2. The highest BCUT2D eigenvalue weighted by Gasteiger charge is 2.22. The van der Waals surface area contributed by atoms with E-state index in [9.17, 15) is 0 Å². The Morgan fingerprint density at radius 3 is 1.55 bits per heavy atom. The van der Waals surface area contributed by atoms with E-state index in [1.165, 1.54) is 54.7 Å². The van der Waals surface area contributed by atoms with E-state index in [0.29, 0.717) is 0 Å². The summed E-state index contributed by atoms with van der Waals surface area (Å²) in [6.45, 7) is 6.65. The Labute approximate surface area is 298 Å². The summed E-state index contributed by atoms with van der Waals surface area (Å²) in [5, 5.41) is 4.96. The fourth-order valence-corrected chi connectivity index (χ4v) is 7.76. The van der Waals surface area contributed by atoms with Crippen LogP contribution in [0.5, 0.6) is 0 Å². The van der Waals surface area contributed by atoms with Gasteiger partial charge in [-0.05, 0) is 65.6 Å². The standard InChI is InChI=1S/C49H36N2/c1-3-4-6-18-34(2)37-32-31-36(50-45-27-13-9-21-39(45)40-22-10-14-28-46(40)50)33-44(37)43-26-17-25-38(35-19-7-5-8-20-35)49(43)51-47-29-15-11-23-41(47)42-24-12-16-30-48(42)51/h3-33H,2H2,1H3/b4-3-,18-6-. The zero-order chi connectivity index (χ0) is 34.3. The second kappa shape index (κ2) is 12.7. The van der Waals surface area contributed by atoms with E-state index < -0.39 is 0 Å². The smallest absolute Gasteiger partial charge is 0.0619 e. The van der Waals surface area contributed by atoms with Gasteiger partial charge >= 0.3 is 0 Å². The van der Waals surface area contributed by atoms with Crippen molar-refractivity contribution in [2.45, 2.75) is 6.92 Å². The maximum Gasteiger partial charge on any atom is 0.0619 e. The lowest BCUT2D eigenvalue weighted by Crippen LogP contribution is -2.03. The fourth-order valence-electron chi connectivity index (χ4n) is 7.76. The Morgan fingerprint density at radius 1 is 0.471 bits per heavy atom. The SMILES string of the molecule is C=C(/C=C\C=C/C)c1ccc(-n2c3ccccc3c3ccccc32)cc1-c1cccc(-c2ccccc2)c1-n1c2ccccc2c2ccccc21. The minimum absolute atomic E-state index is 0.954. The molecule has 0 aliphatic heterocycles. The maximum atomic E-state index is 4.61. The Balaban J connectivity index is 1.41. The predicted octanol–water partition coefficient (Wildman–Crippen LogP) is 13.4. The van der Waals surface area contributed by atoms with Crippen molar-refractivity contribution in [2.24, 2.45) is 0 Å². The van der Waals surface area contributed by atoms with Gasteiger partial charge in [0.2, 0.25) is 0 Å². The van der Waals surface area contributed by atoms with Gasteiger partial charge in [-0.25, -0.2) is 0 Å². The second-order valence-corrected chi connectivity index (χ2v) is 12.9. The molecular weight excluding hydrogens is 617 g/mol. The molecule has 2 nitrogen and oxygen atoms in total. The van der Waals surface area contributed by atoms with Crippen molar-refractivity contribution in [1.29, 1.82) is 0 Å². The molecule has 2 heterocycles. The zero-order valence-electron chi connectivity index (χ0n) is 28.5. The van der Waals surface area contributed by atoms with Gasteiger partial charge in [0.05, 0.1) is 27.8 Å². The average molecular weight is 653 g/mol. The molecule has 0 atom stereocenters.